The first-order chi connectivity index (χ1) is 15.9. The summed E-state index contributed by atoms with van der Waals surface area (Å²) in [6.07, 6.45) is 4.18. The highest BCUT2D eigenvalue weighted by Gasteiger charge is 2.34. The molecule has 1 amide bonds. The predicted molar refractivity (Wildman–Crippen MR) is 137 cm³/mol. The van der Waals surface area contributed by atoms with Gasteiger partial charge in [0.2, 0.25) is 0 Å². The Morgan fingerprint density at radius 3 is 2.24 bits per heavy atom. The highest BCUT2D eigenvalue weighted by Crippen LogP contribution is 2.35. The van der Waals surface area contributed by atoms with Gasteiger partial charge in [-0.15, -0.1) is 0 Å². The Morgan fingerprint density at radius 2 is 1.52 bits per heavy atom. The van der Waals surface area contributed by atoms with Gasteiger partial charge in [0, 0.05) is 12.1 Å². The van der Waals surface area contributed by atoms with Gasteiger partial charge in [-0.2, -0.15) is 0 Å². The predicted octanol–water partition coefficient (Wildman–Crippen LogP) is 6.43. The Morgan fingerprint density at radius 1 is 0.788 bits per heavy atom. The van der Waals surface area contributed by atoms with Gasteiger partial charge in [-0.1, -0.05) is 66.7 Å². The molecule has 0 N–H and O–H groups in total. The molecule has 4 heteroatoms. The average Bonchev–Trinajstić information content (AvgIpc) is 2.86. The lowest BCUT2D eigenvalue weighted by Crippen LogP contribution is -2.46. The van der Waals surface area contributed by atoms with Gasteiger partial charge in [0.15, 0.2) is 11.4 Å². The summed E-state index contributed by atoms with van der Waals surface area (Å²) >= 11 is 0. The standard InChI is InChI=1S/C29H28NO3/c1-30(2,27-19-18-25(32-3)20-28(27)33-4)29(31)24-16-13-21(14-17-24)12-15-23-10-7-9-22-8-5-6-11-26(22)23/h5-20H,1-4H3/q+1. The van der Waals surface area contributed by atoms with Crippen LogP contribution >= 0.6 is 0 Å². The molecule has 0 atom stereocenters. The van der Waals surface area contributed by atoms with E-state index in [1.807, 2.05) is 56.6 Å². The summed E-state index contributed by atoms with van der Waals surface area (Å²) in [6, 6.07) is 27.8. The van der Waals surface area contributed by atoms with Crippen molar-refractivity contribution in [2.24, 2.45) is 0 Å². The number of benzene rings is 4. The van der Waals surface area contributed by atoms with E-state index in [0.29, 0.717) is 17.1 Å². The topological polar surface area (TPSA) is 35.5 Å². The van der Waals surface area contributed by atoms with Crippen LogP contribution in [0, 0.1) is 0 Å². The van der Waals surface area contributed by atoms with Crippen LogP contribution in [-0.4, -0.2) is 34.2 Å². The fourth-order valence-electron chi connectivity index (χ4n) is 4.00. The molecule has 0 aliphatic carbocycles. The molecule has 4 aromatic carbocycles. The molecule has 0 radical (unpaired) electrons. The summed E-state index contributed by atoms with van der Waals surface area (Å²) in [5.74, 6) is 1.27. The third kappa shape index (κ3) is 4.52. The molecule has 4 aromatic rings. The molecular formula is C29H28NO3+. The minimum absolute atomic E-state index is 0.0250. The van der Waals surface area contributed by atoms with Gasteiger partial charge < -0.3 is 9.47 Å². The van der Waals surface area contributed by atoms with Gasteiger partial charge >= 0.3 is 5.91 Å². The number of nitrogens with zero attached hydrogens (tertiary/aromatic N) is 1. The van der Waals surface area contributed by atoms with Crippen LogP contribution in [0.3, 0.4) is 0 Å². The Labute approximate surface area is 194 Å². The number of carbonyl (C=O) groups is 1. The fourth-order valence-corrected chi connectivity index (χ4v) is 4.00. The van der Waals surface area contributed by atoms with Crippen LogP contribution in [0.2, 0.25) is 0 Å². The number of fused-ring (bicyclic) bond motifs is 1. The third-order valence-electron chi connectivity index (χ3n) is 5.93. The van der Waals surface area contributed by atoms with Gasteiger partial charge in [0.05, 0.1) is 33.9 Å². The Bertz CT molecular complexity index is 1320. The molecule has 0 spiro atoms. The lowest BCUT2D eigenvalue weighted by molar-refractivity contribution is 0.0829. The second kappa shape index (κ2) is 9.31. The number of hydrogen-bond acceptors (Lipinski definition) is 3. The van der Waals surface area contributed by atoms with Gasteiger partial charge in [0.25, 0.3) is 0 Å². The smallest absolute Gasteiger partial charge is 0.350 e. The van der Waals surface area contributed by atoms with Crippen molar-refractivity contribution in [2.45, 2.75) is 0 Å². The molecule has 0 heterocycles. The summed E-state index contributed by atoms with van der Waals surface area (Å²) < 4.78 is 10.8. The lowest BCUT2D eigenvalue weighted by atomic mass is 10.0. The molecule has 0 saturated heterocycles. The van der Waals surface area contributed by atoms with E-state index >= 15 is 0 Å². The summed E-state index contributed by atoms with van der Waals surface area (Å²) in [5, 5.41) is 2.44. The maximum absolute atomic E-state index is 13.4. The molecule has 33 heavy (non-hydrogen) atoms. The van der Waals surface area contributed by atoms with E-state index in [1.54, 1.807) is 20.3 Å². The molecule has 0 aromatic heterocycles. The SMILES string of the molecule is COc1ccc([N+](C)(C)C(=O)c2ccc(C=Cc3cccc4ccccc34)cc2)c(OC)c1. The normalized spacial score (nSPS) is 11.6. The molecule has 0 aliphatic rings. The zero-order valence-electron chi connectivity index (χ0n) is 19.4. The van der Waals surface area contributed by atoms with E-state index < -0.39 is 0 Å². The fraction of sp³-hybridized carbons (Fsp3) is 0.138. The summed E-state index contributed by atoms with van der Waals surface area (Å²) in [6.45, 7) is 0. The zero-order valence-corrected chi connectivity index (χ0v) is 19.4. The first-order valence-electron chi connectivity index (χ1n) is 10.8. The van der Waals surface area contributed by atoms with Crippen LogP contribution in [-0.2, 0) is 0 Å². The number of ether oxygens (including phenoxy) is 2. The quantitative estimate of drug-likeness (QED) is 0.257. The van der Waals surface area contributed by atoms with Gasteiger partial charge in [-0.05, 0) is 40.1 Å². The van der Waals surface area contributed by atoms with Crippen molar-refractivity contribution in [2.75, 3.05) is 28.3 Å². The van der Waals surface area contributed by atoms with E-state index in [-0.39, 0.29) is 10.4 Å². The zero-order chi connectivity index (χ0) is 23.4. The Kier molecular flexibility index (Phi) is 6.29. The van der Waals surface area contributed by atoms with Gasteiger partial charge in [-0.3, -0.25) is 0 Å². The molecule has 4 rings (SSSR count). The van der Waals surface area contributed by atoms with Crippen LogP contribution in [0.15, 0.2) is 84.9 Å². The molecular weight excluding hydrogens is 410 g/mol. The highest BCUT2D eigenvalue weighted by molar-refractivity contribution is 6.02. The molecule has 0 saturated carbocycles. The molecule has 0 bridgehead atoms. The minimum Gasteiger partial charge on any atom is -0.497 e. The second-order valence-electron chi connectivity index (χ2n) is 8.32. The number of hydrogen-bond donors (Lipinski definition) is 0. The molecule has 4 nitrogen and oxygen atoms in total. The molecule has 166 valence electrons. The first kappa shape index (κ1) is 22.3. The van der Waals surface area contributed by atoms with E-state index in [2.05, 4.69) is 48.6 Å². The number of rotatable bonds is 6. The van der Waals surface area contributed by atoms with Gasteiger partial charge in [0.1, 0.15) is 5.75 Å². The molecule has 0 fully saturated rings. The monoisotopic (exact) mass is 438 g/mol. The largest absolute Gasteiger partial charge is 0.497 e. The number of quaternary nitrogens is 1. The van der Waals surface area contributed by atoms with Crippen molar-refractivity contribution >= 4 is 34.5 Å². The summed E-state index contributed by atoms with van der Waals surface area (Å²) in [5.41, 5.74) is 3.60. The van der Waals surface area contributed by atoms with Crippen molar-refractivity contribution in [1.29, 1.82) is 0 Å². The van der Waals surface area contributed by atoms with E-state index in [1.165, 1.54) is 10.8 Å². The van der Waals surface area contributed by atoms with E-state index in [0.717, 1.165) is 16.8 Å². The lowest BCUT2D eigenvalue weighted by Gasteiger charge is -2.28. The van der Waals surface area contributed by atoms with Crippen molar-refractivity contribution in [3.05, 3.63) is 102 Å². The maximum Gasteiger partial charge on any atom is 0.350 e. The number of carbonyl (C=O) groups excluding carboxylic acids is 1. The van der Waals surface area contributed by atoms with Crippen molar-refractivity contribution in [3.63, 3.8) is 0 Å². The van der Waals surface area contributed by atoms with Crippen LogP contribution in [0.25, 0.3) is 22.9 Å². The number of methoxy groups -OCH3 is 2. The van der Waals surface area contributed by atoms with Gasteiger partial charge in [-0.25, -0.2) is 9.28 Å². The minimum atomic E-state index is -0.0250. The molecule has 0 aliphatic heterocycles. The van der Waals surface area contributed by atoms with Crippen LogP contribution in [0.1, 0.15) is 21.5 Å². The average molecular weight is 439 g/mol. The van der Waals surface area contributed by atoms with Crippen LogP contribution in [0.5, 0.6) is 11.5 Å². The van der Waals surface area contributed by atoms with Crippen molar-refractivity contribution in [1.82, 2.24) is 4.48 Å². The Hall–Kier alpha value is -3.89. The van der Waals surface area contributed by atoms with Crippen LogP contribution in [0.4, 0.5) is 5.69 Å². The van der Waals surface area contributed by atoms with Crippen molar-refractivity contribution in [3.8, 4) is 11.5 Å². The number of amides is 1. The van der Waals surface area contributed by atoms with E-state index in [9.17, 15) is 4.79 Å². The first-order valence-corrected chi connectivity index (χ1v) is 10.8. The third-order valence-corrected chi connectivity index (χ3v) is 5.93. The second-order valence-corrected chi connectivity index (χ2v) is 8.32. The summed E-state index contributed by atoms with van der Waals surface area (Å²) in [7, 11) is 6.93. The Balaban J connectivity index is 1.57. The highest BCUT2D eigenvalue weighted by atomic mass is 16.5. The van der Waals surface area contributed by atoms with Crippen LogP contribution < -0.4 is 14.0 Å². The van der Waals surface area contributed by atoms with E-state index in [4.69, 9.17) is 9.47 Å². The maximum atomic E-state index is 13.4. The summed E-state index contributed by atoms with van der Waals surface area (Å²) in [4.78, 5) is 13.4. The van der Waals surface area contributed by atoms with Crippen molar-refractivity contribution < 1.29 is 14.3 Å². The molecule has 0 unspecified atom stereocenters.